The van der Waals surface area contributed by atoms with E-state index in [2.05, 4.69) is 58.9 Å². The van der Waals surface area contributed by atoms with Crippen molar-refractivity contribution in [1.82, 2.24) is 0 Å². The predicted octanol–water partition coefficient (Wildman–Crippen LogP) is 20.5. The van der Waals surface area contributed by atoms with Crippen molar-refractivity contribution in [2.45, 2.75) is 368 Å². The van der Waals surface area contributed by atoms with Crippen LogP contribution in [0.15, 0.2) is 24.3 Å². The maximum Gasteiger partial charge on any atom is 0.472 e. The molecule has 0 heterocycles. The lowest BCUT2D eigenvalue weighted by molar-refractivity contribution is -0.161. The number of allylic oxidation sites excluding steroid dienone is 4. The molecule has 19 heteroatoms. The van der Waals surface area contributed by atoms with Crippen molar-refractivity contribution in [2.75, 3.05) is 39.6 Å². The smallest absolute Gasteiger partial charge is 0.462 e. The highest BCUT2D eigenvalue weighted by atomic mass is 31.2. The summed E-state index contributed by atoms with van der Waals surface area (Å²) in [7, 11) is -9.90. The maximum atomic E-state index is 13.0. The van der Waals surface area contributed by atoms with Crippen LogP contribution < -0.4 is 0 Å². The van der Waals surface area contributed by atoms with E-state index in [1.54, 1.807) is 0 Å². The van der Waals surface area contributed by atoms with Gasteiger partial charge in [0.25, 0.3) is 0 Å². The average Bonchev–Trinajstić information content (AvgIpc) is 3.40. The minimum absolute atomic E-state index is 0.101. The zero-order chi connectivity index (χ0) is 67.0. The molecule has 0 aliphatic heterocycles. The minimum Gasteiger partial charge on any atom is -0.462 e. The van der Waals surface area contributed by atoms with Crippen molar-refractivity contribution >= 4 is 39.5 Å². The first-order valence-electron chi connectivity index (χ1n) is 37.0. The van der Waals surface area contributed by atoms with Crippen LogP contribution in [0.4, 0.5) is 0 Å². The van der Waals surface area contributed by atoms with E-state index in [0.717, 1.165) is 141 Å². The molecule has 0 saturated heterocycles. The normalized spacial score (nSPS) is 14.5. The fourth-order valence-electron chi connectivity index (χ4n) is 10.4. The number of ether oxygens (including phenoxy) is 4. The lowest BCUT2D eigenvalue weighted by atomic mass is 9.99. The quantitative estimate of drug-likeness (QED) is 0.0169. The highest BCUT2D eigenvalue weighted by Crippen LogP contribution is 2.45. The monoisotopic (exact) mass is 1330 g/mol. The number of rotatable bonds is 70. The Morgan fingerprint density at radius 2 is 0.615 bits per heavy atom. The second-order valence-electron chi connectivity index (χ2n) is 25.5. The second-order valence-corrected chi connectivity index (χ2v) is 28.4. The molecule has 0 radical (unpaired) electrons. The summed E-state index contributed by atoms with van der Waals surface area (Å²) in [4.78, 5) is 72.2. The van der Waals surface area contributed by atoms with Gasteiger partial charge in [0.2, 0.25) is 0 Å². The molecule has 536 valence electrons. The lowest BCUT2D eigenvalue weighted by Crippen LogP contribution is -2.30. The number of hydrogen-bond acceptors (Lipinski definition) is 15. The fraction of sp³-hybridized carbons (Fsp3) is 0.889. The van der Waals surface area contributed by atoms with Crippen LogP contribution in [0.3, 0.4) is 0 Å². The van der Waals surface area contributed by atoms with Gasteiger partial charge in [-0.05, 0) is 57.3 Å². The molecule has 6 atom stereocenters. The van der Waals surface area contributed by atoms with Gasteiger partial charge in [-0.1, -0.05) is 296 Å². The van der Waals surface area contributed by atoms with Crippen molar-refractivity contribution < 1.29 is 80.2 Å². The van der Waals surface area contributed by atoms with Gasteiger partial charge >= 0.3 is 39.5 Å². The van der Waals surface area contributed by atoms with Gasteiger partial charge < -0.3 is 33.8 Å². The molecule has 0 fully saturated rings. The van der Waals surface area contributed by atoms with Gasteiger partial charge in [-0.2, -0.15) is 0 Å². The molecule has 3 N–H and O–H groups in total. The molecular formula is C72H136O17P2. The molecule has 0 bridgehead atoms. The highest BCUT2D eigenvalue weighted by Gasteiger charge is 2.30. The molecule has 0 aliphatic rings. The summed E-state index contributed by atoms with van der Waals surface area (Å²) in [5.41, 5.74) is 0. The van der Waals surface area contributed by atoms with Gasteiger partial charge in [0, 0.05) is 25.7 Å². The SMILES string of the molecule is CCCCCC/C=C\C=C/CCCCCCCC(=O)OC[C@H](COP(=O)(O)OC[C@@H](O)COP(=O)(O)OC[C@@H](COC(=O)CCCCCCCCC)OC(=O)CCCCCCCCC)OC(=O)CCCCCCCCCCCCCCCCCCCCC(C)CC. The van der Waals surface area contributed by atoms with Crippen molar-refractivity contribution in [1.29, 1.82) is 0 Å². The zero-order valence-corrected chi connectivity index (χ0v) is 60.3. The zero-order valence-electron chi connectivity index (χ0n) is 58.5. The van der Waals surface area contributed by atoms with Crippen LogP contribution in [0.25, 0.3) is 0 Å². The molecule has 3 unspecified atom stereocenters. The van der Waals surface area contributed by atoms with E-state index in [-0.39, 0.29) is 25.7 Å². The number of hydrogen-bond donors (Lipinski definition) is 3. The summed E-state index contributed by atoms with van der Waals surface area (Å²) in [5.74, 6) is -1.29. The topological polar surface area (TPSA) is 237 Å². The van der Waals surface area contributed by atoms with Gasteiger partial charge in [0.05, 0.1) is 26.4 Å². The Hall–Kier alpha value is -2.46. The number of carbonyl (C=O) groups excluding carboxylic acids is 4. The van der Waals surface area contributed by atoms with Crippen molar-refractivity contribution in [2.24, 2.45) is 5.92 Å². The Balaban J connectivity index is 5.14. The molecule has 0 saturated carbocycles. The number of aliphatic hydroxyl groups is 1. The Labute approximate surface area is 554 Å². The molecule has 0 aliphatic carbocycles. The van der Waals surface area contributed by atoms with Crippen LogP contribution in [-0.2, 0) is 65.4 Å². The lowest BCUT2D eigenvalue weighted by Gasteiger charge is -2.21. The van der Waals surface area contributed by atoms with E-state index >= 15 is 0 Å². The maximum absolute atomic E-state index is 13.0. The Morgan fingerprint density at radius 3 is 0.934 bits per heavy atom. The number of phosphoric ester groups is 2. The van der Waals surface area contributed by atoms with Crippen LogP contribution in [0.5, 0.6) is 0 Å². The van der Waals surface area contributed by atoms with Crippen LogP contribution in [0, 0.1) is 5.92 Å². The van der Waals surface area contributed by atoms with Crippen LogP contribution in [-0.4, -0.2) is 96.7 Å². The largest absolute Gasteiger partial charge is 0.472 e. The first-order valence-corrected chi connectivity index (χ1v) is 40.0. The number of aliphatic hydroxyl groups excluding tert-OH is 1. The summed E-state index contributed by atoms with van der Waals surface area (Å²) < 4.78 is 68.0. The van der Waals surface area contributed by atoms with E-state index in [1.165, 1.54) is 128 Å². The molecule has 91 heavy (non-hydrogen) atoms. The third-order valence-corrected chi connectivity index (χ3v) is 18.4. The highest BCUT2D eigenvalue weighted by molar-refractivity contribution is 7.47. The minimum atomic E-state index is -4.96. The van der Waals surface area contributed by atoms with E-state index in [4.69, 9.17) is 37.0 Å². The Bertz CT molecular complexity index is 1850. The van der Waals surface area contributed by atoms with E-state index < -0.39 is 97.5 Å². The van der Waals surface area contributed by atoms with Crippen molar-refractivity contribution in [3.63, 3.8) is 0 Å². The number of unbranched alkanes of at least 4 members (excludes halogenated alkanes) is 38. The average molecular weight is 1340 g/mol. The summed E-state index contributed by atoms with van der Waals surface area (Å²) >= 11 is 0. The van der Waals surface area contributed by atoms with Crippen LogP contribution in [0.2, 0.25) is 0 Å². The molecule has 0 rings (SSSR count). The first kappa shape index (κ1) is 88.5. The van der Waals surface area contributed by atoms with E-state index in [9.17, 15) is 43.2 Å². The van der Waals surface area contributed by atoms with Crippen LogP contribution >= 0.6 is 15.6 Å². The van der Waals surface area contributed by atoms with Gasteiger partial charge in [0.1, 0.15) is 19.3 Å². The molecule has 0 aromatic carbocycles. The third-order valence-electron chi connectivity index (χ3n) is 16.5. The van der Waals surface area contributed by atoms with Gasteiger partial charge in [-0.15, -0.1) is 0 Å². The molecule has 17 nitrogen and oxygen atoms in total. The summed E-state index contributed by atoms with van der Waals surface area (Å²) in [6, 6.07) is 0. The summed E-state index contributed by atoms with van der Waals surface area (Å²) in [6.07, 6.45) is 55.3. The predicted molar refractivity (Wildman–Crippen MR) is 368 cm³/mol. The number of carbonyl (C=O) groups is 4. The summed E-state index contributed by atoms with van der Waals surface area (Å²) in [5, 5.41) is 10.6. The third kappa shape index (κ3) is 64.6. The van der Waals surface area contributed by atoms with Crippen molar-refractivity contribution in [3.05, 3.63) is 24.3 Å². The number of esters is 4. The van der Waals surface area contributed by atoms with Gasteiger partial charge in [0.15, 0.2) is 12.2 Å². The van der Waals surface area contributed by atoms with Gasteiger partial charge in [-0.3, -0.25) is 37.3 Å². The fourth-order valence-corrected chi connectivity index (χ4v) is 12.0. The molecule has 0 aromatic heterocycles. The van der Waals surface area contributed by atoms with E-state index in [1.807, 2.05) is 0 Å². The van der Waals surface area contributed by atoms with E-state index in [0.29, 0.717) is 25.7 Å². The summed E-state index contributed by atoms with van der Waals surface area (Å²) in [6.45, 7) is 7.17. The standard InChI is InChI=1S/C72H136O17P2/c1-6-10-13-16-19-20-21-22-27-31-34-37-42-46-51-56-70(75)83-62-68(89-72(77)58-53-48-43-38-35-32-29-26-24-23-25-28-30-33-36-41-44-49-54-65(5)9-4)64-87-91(80,81)85-60-66(73)59-84-90(78,79)86-63-67(88-71(76)57-52-47-40-18-15-12-8-3)61-82-69(74)55-50-45-39-17-14-11-7-2/h20-22,27,65-68,73H,6-19,23-26,28-64H2,1-5H3,(H,78,79)(H,80,81)/b21-20-,27-22-/t65?,66-,67+,68+/m0/s1. The van der Waals surface area contributed by atoms with Crippen molar-refractivity contribution in [3.8, 4) is 0 Å². The second kappa shape index (κ2) is 64.9. The number of phosphoric acid groups is 2. The molecule has 0 aromatic rings. The molecular weight excluding hydrogens is 1200 g/mol. The molecule has 0 spiro atoms. The van der Waals surface area contributed by atoms with Crippen LogP contribution in [0.1, 0.15) is 349 Å². The Morgan fingerprint density at radius 1 is 0.352 bits per heavy atom. The Kier molecular flexibility index (Phi) is 63.1. The van der Waals surface area contributed by atoms with Gasteiger partial charge in [-0.25, -0.2) is 9.13 Å². The molecule has 0 amide bonds. The first-order chi connectivity index (χ1) is 44.1.